The molecule has 0 saturated carbocycles. The van der Waals surface area contributed by atoms with Gasteiger partial charge < -0.3 is 5.32 Å². The van der Waals surface area contributed by atoms with E-state index < -0.39 is 0 Å². The maximum Gasteiger partial charge on any atom is 0.0567 e. The average molecular weight is 262 g/mol. The summed E-state index contributed by atoms with van der Waals surface area (Å²) in [6, 6.07) is 0. The van der Waals surface area contributed by atoms with E-state index in [0.29, 0.717) is 0 Å². The molecule has 1 aromatic rings. The zero-order valence-corrected chi connectivity index (χ0v) is 8.84. The van der Waals surface area contributed by atoms with Crippen LogP contribution in [-0.2, 0) is 6.42 Å². The molecule has 0 radical (unpaired) electrons. The van der Waals surface area contributed by atoms with Gasteiger partial charge in [-0.3, -0.25) is 4.98 Å². The second-order valence-electron chi connectivity index (χ2n) is 2.25. The topological polar surface area (TPSA) is 24.9 Å². The van der Waals surface area contributed by atoms with Crippen LogP contribution in [0.25, 0.3) is 0 Å². The lowest BCUT2D eigenvalue weighted by Gasteiger charge is -2.07. The molecule has 0 amide bonds. The predicted molar refractivity (Wildman–Crippen MR) is 55.9 cm³/mol. The molecule has 60 valence electrons. The van der Waals surface area contributed by atoms with Crippen molar-refractivity contribution in [1.82, 2.24) is 4.98 Å². The van der Waals surface area contributed by atoms with E-state index in [4.69, 9.17) is 0 Å². The van der Waals surface area contributed by atoms with Gasteiger partial charge in [0.2, 0.25) is 0 Å². The fourth-order valence-corrected chi connectivity index (χ4v) is 1.87. The second-order valence-corrected chi connectivity index (χ2v) is 3.41. The highest BCUT2D eigenvalue weighted by molar-refractivity contribution is 14.1. The Balaban J connectivity index is 3.13. The number of aromatic nitrogens is 1. The third kappa shape index (κ3) is 1.83. The van der Waals surface area contributed by atoms with Crippen LogP contribution < -0.4 is 5.32 Å². The van der Waals surface area contributed by atoms with E-state index in [2.05, 4.69) is 39.8 Å². The first-order chi connectivity index (χ1) is 5.29. The van der Waals surface area contributed by atoms with Gasteiger partial charge in [0.05, 0.1) is 11.9 Å². The Morgan fingerprint density at radius 3 is 2.73 bits per heavy atom. The van der Waals surface area contributed by atoms with Crippen molar-refractivity contribution >= 4 is 28.3 Å². The standard InChI is InChI=1S/C8H11IN2/c1-3-6-7(9)4-11-5-8(6)10-2/h4-5,10H,3H2,1-2H3. The molecule has 0 saturated heterocycles. The van der Waals surface area contributed by atoms with Crippen LogP contribution in [0.5, 0.6) is 0 Å². The molecule has 1 heterocycles. The Bertz CT molecular complexity index is 248. The van der Waals surface area contributed by atoms with E-state index in [1.165, 1.54) is 9.13 Å². The van der Waals surface area contributed by atoms with E-state index in [1.807, 2.05) is 19.4 Å². The summed E-state index contributed by atoms with van der Waals surface area (Å²) in [6.07, 6.45) is 4.80. The van der Waals surface area contributed by atoms with Gasteiger partial charge in [-0.2, -0.15) is 0 Å². The van der Waals surface area contributed by atoms with Gasteiger partial charge in [0.1, 0.15) is 0 Å². The Hall–Kier alpha value is -0.320. The second kappa shape index (κ2) is 3.90. The molecule has 1 N–H and O–H groups in total. The molecule has 0 aromatic carbocycles. The Morgan fingerprint density at radius 2 is 2.27 bits per heavy atom. The van der Waals surface area contributed by atoms with Crippen LogP contribution in [0.15, 0.2) is 12.4 Å². The minimum absolute atomic E-state index is 1.05. The highest BCUT2D eigenvalue weighted by Crippen LogP contribution is 2.19. The van der Waals surface area contributed by atoms with Gasteiger partial charge in [0, 0.05) is 16.8 Å². The summed E-state index contributed by atoms with van der Waals surface area (Å²) < 4.78 is 1.23. The molecule has 3 heteroatoms. The molecular weight excluding hydrogens is 251 g/mol. The fraction of sp³-hybridized carbons (Fsp3) is 0.375. The Kier molecular flexibility index (Phi) is 3.11. The van der Waals surface area contributed by atoms with Gasteiger partial charge in [-0.1, -0.05) is 6.92 Å². The first-order valence-electron chi connectivity index (χ1n) is 3.59. The molecule has 0 aliphatic heterocycles. The summed E-state index contributed by atoms with van der Waals surface area (Å²) in [4.78, 5) is 4.09. The van der Waals surface area contributed by atoms with E-state index >= 15 is 0 Å². The molecule has 1 aromatic heterocycles. The fourth-order valence-electron chi connectivity index (χ4n) is 1.04. The van der Waals surface area contributed by atoms with Gasteiger partial charge in [0.25, 0.3) is 0 Å². The summed E-state index contributed by atoms with van der Waals surface area (Å²) in [7, 11) is 1.92. The number of nitrogens with zero attached hydrogens (tertiary/aromatic N) is 1. The highest BCUT2D eigenvalue weighted by Gasteiger charge is 2.02. The van der Waals surface area contributed by atoms with Gasteiger partial charge >= 0.3 is 0 Å². The Labute approximate surface area is 80.6 Å². The number of hydrogen-bond donors (Lipinski definition) is 1. The van der Waals surface area contributed by atoms with E-state index in [1.54, 1.807) is 0 Å². The maximum atomic E-state index is 4.09. The van der Waals surface area contributed by atoms with E-state index in [0.717, 1.165) is 12.1 Å². The van der Waals surface area contributed by atoms with Crippen LogP contribution in [0.1, 0.15) is 12.5 Å². The molecule has 0 atom stereocenters. The van der Waals surface area contributed by atoms with Crippen LogP contribution in [-0.4, -0.2) is 12.0 Å². The first kappa shape index (κ1) is 8.77. The third-order valence-corrected chi connectivity index (χ3v) is 2.56. The zero-order chi connectivity index (χ0) is 8.27. The molecular formula is C8H11IN2. The summed E-state index contributed by atoms with van der Waals surface area (Å²) in [5, 5.41) is 3.12. The maximum absolute atomic E-state index is 4.09. The van der Waals surface area contributed by atoms with Crippen LogP contribution in [0.2, 0.25) is 0 Å². The molecule has 0 fully saturated rings. The molecule has 1 rings (SSSR count). The molecule has 0 spiro atoms. The zero-order valence-electron chi connectivity index (χ0n) is 6.69. The average Bonchev–Trinajstić information content (AvgIpc) is 2.04. The minimum Gasteiger partial charge on any atom is -0.387 e. The third-order valence-electron chi connectivity index (χ3n) is 1.63. The summed E-state index contributed by atoms with van der Waals surface area (Å²) in [5.74, 6) is 0. The normalized spacial score (nSPS) is 9.73. The number of anilines is 1. The SMILES string of the molecule is CCc1c(I)cncc1NC. The van der Waals surface area contributed by atoms with Gasteiger partial charge in [0.15, 0.2) is 0 Å². The molecule has 0 unspecified atom stereocenters. The molecule has 2 nitrogen and oxygen atoms in total. The summed E-state index contributed by atoms with van der Waals surface area (Å²) >= 11 is 2.31. The van der Waals surface area contributed by atoms with Crippen molar-refractivity contribution in [3.63, 3.8) is 0 Å². The Morgan fingerprint density at radius 1 is 1.55 bits per heavy atom. The van der Waals surface area contributed by atoms with Gasteiger partial charge in [-0.15, -0.1) is 0 Å². The van der Waals surface area contributed by atoms with Crippen molar-refractivity contribution in [3.8, 4) is 0 Å². The van der Waals surface area contributed by atoms with Crippen molar-refractivity contribution in [2.45, 2.75) is 13.3 Å². The number of hydrogen-bond acceptors (Lipinski definition) is 2. The van der Waals surface area contributed by atoms with Crippen molar-refractivity contribution in [1.29, 1.82) is 0 Å². The van der Waals surface area contributed by atoms with E-state index in [9.17, 15) is 0 Å². The summed E-state index contributed by atoms with van der Waals surface area (Å²) in [5.41, 5.74) is 2.49. The minimum atomic E-state index is 1.05. The van der Waals surface area contributed by atoms with Crippen molar-refractivity contribution in [2.24, 2.45) is 0 Å². The van der Waals surface area contributed by atoms with E-state index in [-0.39, 0.29) is 0 Å². The van der Waals surface area contributed by atoms with Crippen molar-refractivity contribution in [3.05, 3.63) is 21.5 Å². The van der Waals surface area contributed by atoms with Crippen molar-refractivity contribution < 1.29 is 0 Å². The molecule has 0 aliphatic carbocycles. The lowest BCUT2D eigenvalue weighted by Crippen LogP contribution is -1.97. The molecule has 11 heavy (non-hydrogen) atoms. The smallest absolute Gasteiger partial charge is 0.0567 e. The van der Waals surface area contributed by atoms with Crippen molar-refractivity contribution in [2.75, 3.05) is 12.4 Å². The molecule has 0 bridgehead atoms. The predicted octanol–water partition coefficient (Wildman–Crippen LogP) is 2.29. The molecule has 0 aliphatic rings. The monoisotopic (exact) mass is 262 g/mol. The lowest BCUT2D eigenvalue weighted by atomic mass is 10.2. The van der Waals surface area contributed by atoms with Gasteiger partial charge in [-0.05, 0) is 34.6 Å². The van der Waals surface area contributed by atoms with Crippen LogP contribution in [0.4, 0.5) is 5.69 Å². The lowest BCUT2D eigenvalue weighted by molar-refractivity contribution is 1.10. The highest BCUT2D eigenvalue weighted by atomic mass is 127. The van der Waals surface area contributed by atoms with Crippen LogP contribution >= 0.6 is 22.6 Å². The quantitative estimate of drug-likeness (QED) is 0.827. The number of halogens is 1. The number of rotatable bonds is 2. The summed E-state index contributed by atoms with van der Waals surface area (Å²) in [6.45, 7) is 2.15. The number of pyridine rings is 1. The number of nitrogens with one attached hydrogen (secondary N) is 1. The first-order valence-corrected chi connectivity index (χ1v) is 4.67. The largest absolute Gasteiger partial charge is 0.387 e. The van der Waals surface area contributed by atoms with Gasteiger partial charge in [-0.25, -0.2) is 0 Å². The van der Waals surface area contributed by atoms with Crippen LogP contribution in [0, 0.1) is 3.57 Å². The van der Waals surface area contributed by atoms with Crippen LogP contribution in [0.3, 0.4) is 0 Å².